The van der Waals surface area contributed by atoms with E-state index in [9.17, 15) is 0 Å². The van der Waals surface area contributed by atoms with E-state index in [0.717, 1.165) is 31.4 Å². The molecule has 1 spiro atoms. The normalized spacial score (nSPS) is 20.0. The predicted octanol–water partition coefficient (Wildman–Crippen LogP) is 4.10. The van der Waals surface area contributed by atoms with Crippen molar-refractivity contribution in [2.75, 3.05) is 30.8 Å². The molecule has 190 valence electrons. The Kier molecular flexibility index (Phi) is 4.79. The van der Waals surface area contributed by atoms with Crippen molar-refractivity contribution in [3.05, 3.63) is 42.5 Å². The molecule has 3 fully saturated rings. The topological polar surface area (TPSA) is 110 Å². The van der Waals surface area contributed by atoms with E-state index in [1.807, 2.05) is 10.9 Å². The smallest absolute Gasteiger partial charge is 0.229 e. The number of halogens is 1. The first kappa shape index (κ1) is 22.5. The zero-order valence-corrected chi connectivity index (χ0v) is 21.2. The minimum atomic E-state index is -0.485. The number of hydrogen-bond donors (Lipinski definition) is 2. The van der Waals surface area contributed by atoms with E-state index in [0.29, 0.717) is 45.6 Å². The van der Waals surface area contributed by atoms with Crippen LogP contribution >= 0.6 is 0 Å². The third-order valence-electron chi connectivity index (χ3n) is 7.88. The minimum absolute atomic E-state index is 0.0532. The molecule has 11 heteroatoms. The molecule has 37 heavy (non-hydrogen) atoms. The summed E-state index contributed by atoms with van der Waals surface area (Å²) >= 11 is 0. The average Bonchev–Trinajstić information content (AvgIpc) is 3.36. The molecule has 4 aromatic rings. The Hall–Kier alpha value is -3.73. The van der Waals surface area contributed by atoms with Crippen LogP contribution in [0.4, 0.5) is 21.8 Å². The van der Waals surface area contributed by atoms with Crippen LogP contribution in [0.15, 0.2) is 30.9 Å². The summed E-state index contributed by atoms with van der Waals surface area (Å²) in [6.45, 7) is 6.28. The molecule has 2 aliphatic carbocycles. The van der Waals surface area contributed by atoms with E-state index in [4.69, 9.17) is 4.98 Å². The number of anilines is 3. The van der Waals surface area contributed by atoms with E-state index >= 15 is 4.39 Å². The molecule has 0 aromatic carbocycles. The Morgan fingerprint density at radius 1 is 1.05 bits per heavy atom. The summed E-state index contributed by atoms with van der Waals surface area (Å²) in [6, 6.07) is 1.83. The van der Waals surface area contributed by atoms with Crippen molar-refractivity contribution in [2.24, 2.45) is 5.41 Å². The van der Waals surface area contributed by atoms with Gasteiger partial charge >= 0.3 is 0 Å². The number of likely N-dealkylation sites (tertiary alicyclic amines) is 1. The van der Waals surface area contributed by atoms with Crippen molar-refractivity contribution < 1.29 is 4.39 Å². The van der Waals surface area contributed by atoms with Crippen LogP contribution in [0.1, 0.15) is 44.5 Å². The first-order valence-corrected chi connectivity index (χ1v) is 12.7. The quantitative estimate of drug-likeness (QED) is 0.404. The lowest BCUT2D eigenvalue weighted by Gasteiger charge is -2.58. The average molecular weight is 501 g/mol. The fraction of sp³-hybridized carbons (Fsp3) is 0.462. The van der Waals surface area contributed by atoms with E-state index in [-0.39, 0.29) is 11.2 Å². The number of rotatable bonds is 6. The van der Waals surface area contributed by atoms with Crippen molar-refractivity contribution in [1.29, 1.82) is 0 Å². The van der Waals surface area contributed by atoms with Crippen LogP contribution in [-0.4, -0.2) is 65.3 Å². The van der Waals surface area contributed by atoms with Crippen molar-refractivity contribution >= 4 is 28.5 Å². The van der Waals surface area contributed by atoms with Crippen molar-refractivity contribution in [3.63, 3.8) is 0 Å². The molecule has 0 unspecified atom stereocenters. The molecular formula is C26H29FN10. The van der Waals surface area contributed by atoms with Gasteiger partial charge in [-0.15, -0.1) is 0 Å². The maximum Gasteiger partial charge on any atom is 0.229 e. The SMILES string of the molecule is Cc1ncc(-c2nc3c(NC4(C)CC4)nc(Nc4cnn(C5CC6(C5)CN(C)C6)c4)nc3cc2F)cn1. The molecule has 0 atom stereocenters. The van der Waals surface area contributed by atoms with E-state index in [1.165, 1.54) is 19.2 Å². The number of aromatic nitrogens is 7. The predicted molar refractivity (Wildman–Crippen MR) is 138 cm³/mol. The third-order valence-corrected chi connectivity index (χ3v) is 7.88. The summed E-state index contributed by atoms with van der Waals surface area (Å²) in [4.78, 5) is 24.7. The molecule has 0 amide bonds. The first-order chi connectivity index (χ1) is 17.8. The fourth-order valence-corrected chi connectivity index (χ4v) is 5.71. The number of fused-ring (bicyclic) bond motifs is 1. The number of hydrogen-bond acceptors (Lipinski definition) is 9. The van der Waals surface area contributed by atoms with Gasteiger partial charge in [0.1, 0.15) is 17.0 Å². The van der Waals surface area contributed by atoms with Crippen molar-refractivity contribution in [3.8, 4) is 11.3 Å². The van der Waals surface area contributed by atoms with Gasteiger partial charge in [0.2, 0.25) is 5.95 Å². The molecule has 7 rings (SSSR count). The second kappa shape index (κ2) is 7.88. The maximum atomic E-state index is 15.2. The Labute approximate surface area is 213 Å². The Morgan fingerprint density at radius 2 is 1.81 bits per heavy atom. The van der Waals surface area contributed by atoms with Gasteiger partial charge in [-0.2, -0.15) is 10.1 Å². The Balaban J connectivity index is 1.19. The summed E-state index contributed by atoms with van der Waals surface area (Å²) in [6.07, 6.45) is 11.3. The summed E-state index contributed by atoms with van der Waals surface area (Å²) in [7, 11) is 2.17. The second-order valence-corrected chi connectivity index (χ2v) is 11.4. The Bertz CT molecular complexity index is 1500. The molecule has 10 nitrogen and oxygen atoms in total. The standard InChI is InChI=1S/C26H29FN10/c1-15-28-9-16(10-29-15)21-19(27)6-20-22(33-21)23(35-25(2)4-5-25)34-24(32-20)31-17-11-30-37(12-17)18-7-26(8-18)13-36(3)14-26/h6,9-12,18H,4-5,7-8,13-14H2,1-3H3,(H2,31,32,34,35). The first-order valence-electron chi connectivity index (χ1n) is 12.7. The summed E-state index contributed by atoms with van der Waals surface area (Å²) in [5.41, 5.74) is 2.85. The molecule has 1 aliphatic heterocycles. The molecule has 0 radical (unpaired) electrons. The lowest BCUT2D eigenvalue weighted by molar-refractivity contribution is -0.0786. The highest BCUT2D eigenvalue weighted by molar-refractivity contribution is 5.89. The van der Waals surface area contributed by atoms with Crippen LogP contribution in [0.3, 0.4) is 0 Å². The van der Waals surface area contributed by atoms with Gasteiger partial charge in [0.25, 0.3) is 0 Å². The lowest BCUT2D eigenvalue weighted by atomic mass is 9.61. The largest absolute Gasteiger partial charge is 0.363 e. The van der Waals surface area contributed by atoms with Gasteiger partial charge in [-0.1, -0.05) is 0 Å². The fourth-order valence-electron chi connectivity index (χ4n) is 5.71. The van der Waals surface area contributed by atoms with Crippen LogP contribution in [0.2, 0.25) is 0 Å². The molecule has 3 aliphatic rings. The summed E-state index contributed by atoms with van der Waals surface area (Å²) in [5.74, 6) is 1.08. The summed E-state index contributed by atoms with van der Waals surface area (Å²) < 4.78 is 17.2. The second-order valence-electron chi connectivity index (χ2n) is 11.4. The molecule has 4 aromatic heterocycles. The van der Waals surface area contributed by atoms with E-state index < -0.39 is 5.82 Å². The van der Waals surface area contributed by atoms with Gasteiger partial charge in [-0.3, -0.25) is 4.68 Å². The van der Waals surface area contributed by atoms with Gasteiger partial charge < -0.3 is 15.5 Å². The molecule has 2 N–H and O–H groups in total. The van der Waals surface area contributed by atoms with Crippen molar-refractivity contribution in [1.82, 2.24) is 39.6 Å². The van der Waals surface area contributed by atoms with Gasteiger partial charge in [-0.05, 0) is 52.0 Å². The molecule has 2 saturated carbocycles. The zero-order valence-electron chi connectivity index (χ0n) is 21.2. The van der Waals surface area contributed by atoms with Crippen molar-refractivity contribution in [2.45, 2.75) is 51.1 Å². The summed E-state index contributed by atoms with van der Waals surface area (Å²) in [5, 5.41) is 11.4. The Morgan fingerprint density at radius 3 is 2.51 bits per heavy atom. The van der Waals surface area contributed by atoms with E-state index in [1.54, 1.807) is 25.5 Å². The maximum absolute atomic E-state index is 15.2. The van der Waals surface area contributed by atoms with Crippen LogP contribution in [0.5, 0.6) is 0 Å². The highest BCUT2D eigenvalue weighted by Crippen LogP contribution is 2.53. The monoisotopic (exact) mass is 500 g/mol. The van der Waals surface area contributed by atoms with Gasteiger partial charge in [0.05, 0.1) is 23.4 Å². The van der Waals surface area contributed by atoms with Crippen LogP contribution in [0.25, 0.3) is 22.3 Å². The lowest BCUT2D eigenvalue weighted by Crippen LogP contribution is -2.60. The van der Waals surface area contributed by atoms with Crippen LogP contribution in [0, 0.1) is 18.2 Å². The molecule has 5 heterocycles. The molecular weight excluding hydrogens is 471 g/mol. The number of pyridine rings is 1. The van der Waals surface area contributed by atoms with Crippen LogP contribution in [-0.2, 0) is 0 Å². The zero-order chi connectivity index (χ0) is 25.4. The molecule has 1 saturated heterocycles. The molecule has 0 bridgehead atoms. The van der Waals surface area contributed by atoms with Gasteiger partial charge in [0, 0.05) is 48.8 Å². The highest BCUT2D eigenvalue weighted by Gasteiger charge is 2.51. The van der Waals surface area contributed by atoms with Crippen LogP contribution < -0.4 is 10.6 Å². The van der Waals surface area contributed by atoms with E-state index in [2.05, 4.69) is 54.5 Å². The third kappa shape index (κ3) is 4.07. The number of nitrogens with one attached hydrogen (secondary N) is 2. The highest BCUT2D eigenvalue weighted by atomic mass is 19.1. The number of aryl methyl sites for hydroxylation is 1. The minimum Gasteiger partial charge on any atom is -0.363 e. The van der Waals surface area contributed by atoms with Gasteiger partial charge in [0.15, 0.2) is 11.6 Å². The number of nitrogens with zero attached hydrogens (tertiary/aromatic N) is 8. The van der Waals surface area contributed by atoms with Gasteiger partial charge in [-0.25, -0.2) is 24.3 Å².